The maximum Gasteiger partial charge on any atom is 0.260 e. The van der Waals surface area contributed by atoms with Crippen LogP contribution in [-0.2, 0) is 0 Å². The van der Waals surface area contributed by atoms with Crippen LogP contribution in [0.15, 0.2) is 47.8 Å². The highest BCUT2D eigenvalue weighted by molar-refractivity contribution is 7.12. The number of anilines is 1. The van der Waals surface area contributed by atoms with Gasteiger partial charge in [0.05, 0.1) is 31.2 Å². The summed E-state index contributed by atoms with van der Waals surface area (Å²) >= 11 is 1.42. The summed E-state index contributed by atoms with van der Waals surface area (Å²) in [5.74, 6) is 2.59. The van der Waals surface area contributed by atoms with E-state index in [2.05, 4.69) is 10.4 Å². The Kier molecular flexibility index (Phi) is 5.35. The zero-order chi connectivity index (χ0) is 22.9. The average Bonchev–Trinajstić information content (AvgIpc) is 3.57. The monoisotopic (exact) mass is 464 g/mol. The number of hydrogen-bond donors (Lipinski definition) is 1. The third-order valence-corrected chi connectivity index (χ3v) is 5.88. The Morgan fingerprint density at radius 1 is 1.09 bits per heavy atom. The molecule has 2 aromatic carbocycles. The molecule has 1 aliphatic rings. The van der Waals surface area contributed by atoms with Gasteiger partial charge in [0.15, 0.2) is 11.5 Å². The number of methoxy groups -OCH3 is 2. The lowest BCUT2D eigenvalue weighted by Gasteiger charge is -2.11. The summed E-state index contributed by atoms with van der Waals surface area (Å²) in [5.41, 5.74) is 2.80. The zero-order valence-corrected chi connectivity index (χ0v) is 18.9. The van der Waals surface area contributed by atoms with E-state index in [0.717, 1.165) is 22.7 Å². The fraction of sp³-hybridized carbons (Fsp3) is 0.174. The quantitative estimate of drug-likeness (QED) is 0.454. The predicted molar refractivity (Wildman–Crippen MR) is 123 cm³/mol. The Balaban J connectivity index is 1.43. The van der Waals surface area contributed by atoms with Gasteiger partial charge in [0.2, 0.25) is 11.9 Å². The number of carbonyl (C=O) groups is 1. The molecule has 2 aromatic heterocycles. The van der Waals surface area contributed by atoms with Gasteiger partial charge in [-0.25, -0.2) is 4.98 Å². The molecule has 5 rings (SSSR count). The van der Waals surface area contributed by atoms with Crippen molar-refractivity contribution in [2.45, 2.75) is 6.92 Å². The van der Waals surface area contributed by atoms with Gasteiger partial charge in [-0.3, -0.25) is 4.79 Å². The summed E-state index contributed by atoms with van der Waals surface area (Å²) < 4.78 is 23.0. The molecule has 1 aliphatic heterocycles. The van der Waals surface area contributed by atoms with E-state index in [0.29, 0.717) is 33.8 Å². The van der Waals surface area contributed by atoms with Crippen LogP contribution in [0, 0.1) is 6.92 Å². The largest absolute Gasteiger partial charge is 0.497 e. The molecule has 0 aliphatic carbocycles. The minimum absolute atomic E-state index is 0.218. The summed E-state index contributed by atoms with van der Waals surface area (Å²) in [6.07, 6.45) is 0. The van der Waals surface area contributed by atoms with Crippen molar-refractivity contribution in [1.82, 2.24) is 14.8 Å². The minimum atomic E-state index is -0.330. The Bertz CT molecular complexity index is 1350. The summed E-state index contributed by atoms with van der Waals surface area (Å²) in [4.78, 5) is 17.7. The second kappa shape index (κ2) is 8.47. The molecule has 0 radical (unpaired) electrons. The lowest BCUT2D eigenvalue weighted by atomic mass is 10.1. The normalized spacial score (nSPS) is 12.0. The van der Waals surface area contributed by atoms with Gasteiger partial charge in [-0.15, -0.1) is 11.3 Å². The van der Waals surface area contributed by atoms with E-state index < -0.39 is 0 Å². The molecule has 0 bridgehead atoms. The molecule has 4 aromatic rings. The average molecular weight is 465 g/mol. The molecule has 1 N–H and O–H groups in total. The van der Waals surface area contributed by atoms with Crippen LogP contribution in [0.3, 0.4) is 0 Å². The molecular formula is C23H20N4O5S. The summed E-state index contributed by atoms with van der Waals surface area (Å²) in [5, 5.41) is 9.98. The standard InChI is InChI=1S/C23H20N4O5S/c1-13-8-21(25-22(28)16-6-5-15(29-2)10-19(16)30-3)27(26-13)23-24-17(11-33-23)14-4-7-18-20(9-14)32-12-31-18/h4-11H,12H2,1-3H3,(H,25,28). The molecular weight excluding hydrogens is 444 g/mol. The van der Waals surface area contributed by atoms with Crippen molar-refractivity contribution in [3.8, 4) is 39.4 Å². The maximum absolute atomic E-state index is 13.0. The smallest absolute Gasteiger partial charge is 0.260 e. The zero-order valence-electron chi connectivity index (χ0n) is 18.1. The minimum Gasteiger partial charge on any atom is -0.497 e. The third-order valence-electron chi connectivity index (χ3n) is 5.07. The fourth-order valence-corrected chi connectivity index (χ4v) is 4.25. The van der Waals surface area contributed by atoms with Crippen LogP contribution in [0.25, 0.3) is 16.4 Å². The second-order valence-electron chi connectivity index (χ2n) is 7.19. The van der Waals surface area contributed by atoms with E-state index in [1.807, 2.05) is 30.5 Å². The second-order valence-corrected chi connectivity index (χ2v) is 8.02. The van der Waals surface area contributed by atoms with Crippen LogP contribution in [-0.4, -0.2) is 41.7 Å². The van der Waals surface area contributed by atoms with Crippen molar-refractivity contribution in [2.24, 2.45) is 0 Å². The van der Waals surface area contributed by atoms with Crippen molar-refractivity contribution in [3.63, 3.8) is 0 Å². The highest BCUT2D eigenvalue weighted by Crippen LogP contribution is 2.36. The van der Waals surface area contributed by atoms with Gasteiger partial charge in [-0.1, -0.05) is 0 Å². The van der Waals surface area contributed by atoms with Gasteiger partial charge in [-0.2, -0.15) is 9.78 Å². The number of amides is 1. The number of nitrogens with one attached hydrogen (secondary N) is 1. The molecule has 0 saturated carbocycles. The van der Waals surface area contributed by atoms with Gasteiger partial charge >= 0.3 is 0 Å². The molecule has 168 valence electrons. The Hall–Kier alpha value is -4.05. The number of thiazole rings is 1. The van der Waals surface area contributed by atoms with E-state index in [-0.39, 0.29) is 12.7 Å². The Morgan fingerprint density at radius 2 is 1.94 bits per heavy atom. The van der Waals surface area contributed by atoms with E-state index in [1.54, 1.807) is 36.1 Å². The highest BCUT2D eigenvalue weighted by atomic mass is 32.1. The van der Waals surface area contributed by atoms with Crippen molar-refractivity contribution in [2.75, 3.05) is 26.3 Å². The predicted octanol–water partition coefficient (Wildman–Crippen LogP) is 4.30. The lowest BCUT2D eigenvalue weighted by molar-refractivity contribution is 0.102. The first-order chi connectivity index (χ1) is 16.1. The number of fused-ring (bicyclic) bond motifs is 1. The number of hydrogen-bond acceptors (Lipinski definition) is 8. The fourth-order valence-electron chi connectivity index (χ4n) is 3.45. The molecule has 3 heterocycles. The molecule has 9 nitrogen and oxygen atoms in total. The van der Waals surface area contributed by atoms with Crippen LogP contribution < -0.4 is 24.3 Å². The SMILES string of the molecule is COc1ccc(C(=O)Nc2cc(C)nn2-c2nc(-c3ccc4c(c3)OCO4)cs2)c(OC)c1. The first-order valence-electron chi connectivity index (χ1n) is 10.0. The number of aryl methyl sites for hydroxylation is 1. The van der Waals surface area contributed by atoms with Crippen LogP contribution in [0.4, 0.5) is 5.82 Å². The van der Waals surface area contributed by atoms with E-state index in [1.165, 1.54) is 18.4 Å². The number of rotatable bonds is 6. The van der Waals surface area contributed by atoms with Crippen LogP contribution in [0.2, 0.25) is 0 Å². The number of ether oxygens (including phenoxy) is 4. The van der Waals surface area contributed by atoms with Crippen molar-refractivity contribution >= 4 is 23.1 Å². The van der Waals surface area contributed by atoms with Crippen LogP contribution in [0.5, 0.6) is 23.0 Å². The molecule has 0 fully saturated rings. The summed E-state index contributed by atoms with van der Waals surface area (Å²) in [7, 11) is 3.06. The number of nitrogens with zero attached hydrogens (tertiary/aromatic N) is 3. The van der Waals surface area contributed by atoms with Crippen molar-refractivity contribution in [3.05, 3.63) is 59.1 Å². The van der Waals surface area contributed by atoms with E-state index >= 15 is 0 Å². The first-order valence-corrected chi connectivity index (χ1v) is 10.9. The first kappa shape index (κ1) is 20.8. The molecule has 10 heteroatoms. The molecule has 1 amide bonds. The Morgan fingerprint density at radius 3 is 2.76 bits per heavy atom. The van der Waals surface area contributed by atoms with E-state index in [4.69, 9.17) is 23.9 Å². The summed E-state index contributed by atoms with van der Waals surface area (Å²) in [6.45, 7) is 2.07. The van der Waals surface area contributed by atoms with Gasteiger partial charge in [0, 0.05) is 23.1 Å². The maximum atomic E-state index is 13.0. The van der Waals surface area contributed by atoms with Gasteiger partial charge in [0.1, 0.15) is 17.3 Å². The number of aromatic nitrogens is 3. The Labute approximate surface area is 193 Å². The lowest BCUT2D eigenvalue weighted by Crippen LogP contribution is -2.16. The van der Waals surface area contributed by atoms with Crippen LogP contribution >= 0.6 is 11.3 Å². The molecule has 0 spiro atoms. The van der Waals surface area contributed by atoms with Gasteiger partial charge < -0.3 is 24.3 Å². The number of benzene rings is 2. The van der Waals surface area contributed by atoms with Gasteiger partial charge in [-0.05, 0) is 37.3 Å². The molecule has 0 saturated heterocycles. The molecule has 33 heavy (non-hydrogen) atoms. The molecule has 0 atom stereocenters. The van der Waals surface area contributed by atoms with Crippen molar-refractivity contribution < 1.29 is 23.7 Å². The topological polar surface area (TPSA) is 96.7 Å². The number of carbonyl (C=O) groups excluding carboxylic acids is 1. The van der Waals surface area contributed by atoms with Crippen molar-refractivity contribution in [1.29, 1.82) is 0 Å². The van der Waals surface area contributed by atoms with E-state index in [9.17, 15) is 4.79 Å². The highest BCUT2D eigenvalue weighted by Gasteiger charge is 2.19. The van der Waals surface area contributed by atoms with Crippen LogP contribution in [0.1, 0.15) is 16.1 Å². The summed E-state index contributed by atoms with van der Waals surface area (Å²) in [6, 6.07) is 12.5. The molecule has 0 unspecified atom stereocenters. The van der Waals surface area contributed by atoms with Gasteiger partial charge in [0.25, 0.3) is 5.91 Å². The third kappa shape index (κ3) is 3.96.